The quantitative estimate of drug-likeness (QED) is 0.521. The first-order chi connectivity index (χ1) is 6.65. The van der Waals surface area contributed by atoms with Crippen LogP contribution >= 0.6 is 11.6 Å². The number of amides is 1. The number of nitrogens with zero attached hydrogens (tertiary/aromatic N) is 2. The van der Waals surface area contributed by atoms with Crippen molar-refractivity contribution in [3.63, 3.8) is 0 Å². The minimum Gasteiger partial charge on any atom is -0.410 e. The normalized spacial score (nSPS) is 17.7. The maximum absolute atomic E-state index is 11.5. The van der Waals surface area contributed by atoms with Crippen LogP contribution in [-0.4, -0.2) is 23.9 Å². The first kappa shape index (κ1) is 9.02. The van der Waals surface area contributed by atoms with Gasteiger partial charge in [-0.25, -0.2) is 0 Å². The lowest BCUT2D eigenvalue weighted by Crippen LogP contribution is -2.25. The van der Waals surface area contributed by atoms with E-state index in [2.05, 4.69) is 5.16 Å². The third-order valence-corrected chi connectivity index (χ3v) is 2.42. The summed E-state index contributed by atoms with van der Waals surface area (Å²) in [5, 5.41) is 12.2. The van der Waals surface area contributed by atoms with Gasteiger partial charge in [0.25, 0.3) is 5.91 Å². The number of hydrogen-bond donors (Lipinski definition) is 1. The van der Waals surface area contributed by atoms with Crippen LogP contribution in [0.5, 0.6) is 0 Å². The molecule has 2 rings (SSSR count). The Labute approximate surface area is 85.4 Å². The number of halogens is 1. The van der Waals surface area contributed by atoms with E-state index in [1.54, 1.807) is 25.2 Å². The van der Waals surface area contributed by atoms with Gasteiger partial charge in [-0.1, -0.05) is 16.8 Å². The first-order valence-electron chi connectivity index (χ1n) is 3.95. The molecule has 0 unspecified atom stereocenters. The Hall–Kier alpha value is -1.55. The number of fused-ring (bicyclic) bond motifs is 1. The Bertz CT molecular complexity index is 442. The minimum absolute atomic E-state index is 0.0548. The van der Waals surface area contributed by atoms with Crippen LogP contribution in [0.1, 0.15) is 5.56 Å². The maximum atomic E-state index is 11.5. The molecule has 1 N–H and O–H groups in total. The lowest BCUT2D eigenvalue weighted by molar-refractivity contribution is -0.112. The van der Waals surface area contributed by atoms with Gasteiger partial charge in [-0.15, -0.1) is 0 Å². The SMILES string of the molecule is CN1C(=O)C(=NO)c2ccc(Cl)cc21. The van der Waals surface area contributed by atoms with Crippen LogP contribution in [-0.2, 0) is 4.79 Å². The van der Waals surface area contributed by atoms with Gasteiger partial charge in [0.05, 0.1) is 5.69 Å². The Balaban J connectivity index is 2.67. The lowest BCUT2D eigenvalue weighted by atomic mass is 10.1. The molecule has 0 aromatic heterocycles. The van der Waals surface area contributed by atoms with E-state index in [-0.39, 0.29) is 11.6 Å². The fourth-order valence-electron chi connectivity index (χ4n) is 1.46. The Morgan fingerprint density at radius 2 is 2.21 bits per heavy atom. The molecule has 1 aliphatic rings. The summed E-state index contributed by atoms with van der Waals surface area (Å²) in [6.45, 7) is 0. The van der Waals surface area contributed by atoms with E-state index < -0.39 is 0 Å². The number of rotatable bonds is 0. The summed E-state index contributed by atoms with van der Waals surface area (Å²) >= 11 is 5.79. The second kappa shape index (κ2) is 2.99. The summed E-state index contributed by atoms with van der Waals surface area (Å²) in [4.78, 5) is 12.9. The van der Waals surface area contributed by atoms with Crippen LogP contribution in [0.25, 0.3) is 0 Å². The molecule has 1 heterocycles. The molecular formula is C9H7ClN2O2. The standard InChI is InChI=1S/C9H7ClN2O2/c1-12-7-4-5(10)2-3-6(7)8(11-14)9(12)13/h2-4,14H,1H3. The van der Waals surface area contributed by atoms with Gasteiger partial charge < -0.3 is 10.1 Å². The van der Waals surface area contributed by atoms with Gasteiger partial charge in [0.1, 0.15) is 0 Å². The van der Waals surface area contributed by atoms with E-state index in [4.69, 9.17) is 16.8 Å². The van der Waals surface area contributed by atoms with Crippen molar-refractivity contribution >= 4 is 28.9 Å². The highest BCUT2D eigenvalue weighted by Gasteiger charge is 2.31. The fourth-order valence-corrected chi connectivity index (χ4v) is 1.63. The van der Waals surface area contributed by atoms with Crippen LogP contribution in [0, 0.1) is 0 Å². The molecule has 0 bridgehead atoms. The number of benzene rings is 1. The molecule has 1 amide bonds. The van der Waals surface area contributed by atoms with Gasteiger partial charge in [-0.2, -0.15) is 0 Å². The average Bonchev–Trinajstić information content (AvgIpc) is 2.41. The molecule has 5 heteroatoms. The summed E-state index contributed by atoms with van der Waals surface area (Å²) in [6.07, 6.45) is 0. The van der Waals surface area contributed by atoms with Crippen molar-refractivity contribution in [3.05, 3.63) is 28.8 Å². The molecule has 0 aliphatic carbocycles. The summed E-state index contributed by atoms with van der Waals surface area (Å²) < 4.78 is 0. The highest BCUT2D eigenvalue weighted by atomic mass is 35.5. The lowest BCUT2D eigenvalue weighted by Gasteiger charge is -2.08. The predicted octanol–water partition coefficient (Wildman–Crippen LogP) is 1.49. The zero-order chi connectivity index (χ0) is 10.3. The smallest absolute Gasteiger partial charge is 0.280 e. The van der Waals surface area contributed by atoms with Crippen LogP contribution in [0.4, 0.5) is 5.69 Å². The van der Waals surface area contributed by atoms with E-state index in [1.165, 1.54) is 4.90 Å². The van der Waals surface area contributed by atoms with Gasteiger partial charge in [0.2, 0.25) is 0 Å². The molecule has 0 saturated heterocycles. The van der Waals surface area contributed by atoms with Crippen molar-refractivity contribution in [1.82, 2.24) is 0 Å². The molecule has 72 valence electrons. The van der Waals surface area contributed by atoms with E-state index >= 15 is 0 Å². The van der Waals surface area contributed by atoms with Crippen molar-refractivity contribution in [2.45, 2.75) is 0 Å². The minimum atomic E-state index is -0.329. The molecule has 0 radical (unpaired) electrons. The summed E-state index contributed by atoms with van der Waals surface area (Å²) in [6, 6.07) is 4.97. The van der Waals surface area contributed by atoms with Gasteiger partial charge in [0, 0.05) is 17.6 Å². The van der Waals surface area contributed by atoms with Crippen LogP contribution < -0.4 is 4.90 Å². The number of oxime groups is 1. The Morgan fingerprint density at radius 1 is 1.50 bits per heavy atom. The van der Waals surface area contributed by atoms with Gasteiger partial charge >= 0.3 is 0 Å². The van der Waals surface area contributed by atoms with Crippen molar-refractivity contribution in [3.8, 4) is 0 Å². The van der Waals surface area contributed by atoms with Crippen molar-refractivity contribution < 1.29 is 10.0 Å². The first-order valence-corrected chi connectivity index (χ1v) is 4.33. The Kier molecular flexibility index (Phi) is 1.93. The van der Waals surface area contributed by atoms with Crippen molar-refractivity contribution in [2.75, 3.05) is 11.9 Å². The molecule has 0 fully saturated rings. The summed E-state index contributed by atoms with van der Waals surface area (Å²) in [5.41, 5.74) is 1.32. The van der Waals surface area contributed by atoms with Crippen molar-refractivity contribution in [2.24, 2.45) is 5.16 Å². The number of anilines is 1. The van der Waals surface area contributed by atoms with E-state index in [0.29, 0.717) is 16.3 Å². The molecule has 1 aromatic carbocycles. The van der Waals surface area contributed by atoms with Gasteiger partial charge in [0.15, 0.2) is 5.71 Å². The molecule has 4 nitrogen and oxygen atoms in total. The van der Waals surface area contributed by atoms with Gasteiger partial charge in [-0.05, 0) is 18.2 Å². The van der Waals surface area contributed by atoms with Crippen LogP contribution in [0.15, 0.2) is 23.4 Å². The molecule has 1 aliphatic heterocycles. The predicted molar refractivity (Wildman–Crippen MR) is 53.2 cm³/mol. The van der Waals surface area contributed by atoms with Crippen LogP contribution in [0.3, 0.4) is 0 Å². The second-order valence-corrected chi connectivity index (χ2v) is 3.41. The third kappa shape index (κ3) is 1.08. The number of carbonyl (C=O) groups is 1. The monoisotopic (exact) mass is 210 g/mol. The number of carbonyl (C=O) groups excluding carboxylic acids is 1. The number of hydrogen-bond acceptors (Lipinski definition) is 3. The van der Waals surface area contributed by atoms with Crippen LogP contribution in [0.2, 0.25) is 5.02 Å². The number of likely N-dealkylation sites (N-methyl/N-ethyl adjacent to an activating group) is 1. The third-order valence-electron chi connectivity index (χ3n) is 2.18. The summed E-state index contributed by atoms with van der Waals surface area (Å²) in [7, 11) is 1.61. The highest BCUT2D eigenvalue weighted by molar-refractivity contribution is 6.54. The molecule has 0 spiro atoms. The van der Waals surface area contributed by atoms with Gasteiger partial charge in [-0.3, -0.25) is 4.79 Å². The topological polar surface area (TPSA) is 52.9 Å². The van der Waals surface area contributed by atoms with E-state index in [1.807, 2.05) is 0 Å². The van der Waals surface area contributed by atoms with Crippen molar-refractivity contribution in [1.29, 1.82) is 0 Å². The molecule has 14 heavy (non-hydrogen) atoms. The zero-order valence-corrected chi connectivity index (χ0v) is 8.12. The molecule has 0 saturated carbocycles. The largest absolute Gasteiger partial charge is 0.410 e. The molecular weight excluding hydrogens is 204 g/mol. The summed E-state index contributed by atoms with van der Waals surface area (Å²) in [5.74, 6) is -0.329. The van der Waals surface area contributed by atoms with E-state index in [0.717, 1.165) is 0 Å². The highest BCUT2D eigenvalue weighted by Crippen LogP contribution is 2.30. The maximum Gasteiger partial charge on any atom is 0.280 e. The second-order valence-electron chi connectivity index (χ2n) is 2.97. The average molecular weight is 211 g/mol. The molecule has 0 atom stereocenters. The Morgan fingerprint density at radius 3 is 2.86 bits per heavy atom. The zero-order valence-electron chi connectivity index (χ0n) is 7.36. The fraction of sp³-hybridized carbons (Fsp3) is 0.111. The van der Waals surface area contributed by atoms with E-state index in [9.17, 15) is 4.79 Å². The molecule has 1 aromatic rings.